The molecule has 0 saturated heterocycles. The molecule has 24 heavy (non-hydrogen) atoms. The van der Waals surface area contributed by atoms with Crippen LogP contribution in [0.4, 0.5) is 5.69 Å². The Kier molecular flexibility index (Phi) is 3.54. The van der Waals surface area contributed by atoms with Gasteiger partial charge in [0, 0.05) is 17.7 Å². The van der Waals surface area contributed by atoms with Gasteiger partial charge in [0.2, 0.25) is 0 Å². The van der Waals surface area contributed by atoms with Crippen molar-refractivity contribution in [2.45, 2.75) is 19.4 Å². The number of nitrogens with zero attached hydrogens (tertiary/aromatic N) is 1. The average molecular weight is 320 g/mol. The number of carbonyl (C=O) groups excluding carboxylic acids is 1. The molecule has 0 radical (unpaired) electrons. The Morgan fingerprint density at radius 2 is 2.12 bits per heavy atom. The number of hydrogen-bond donors (Lipinski definition) is 1. The highest BCUT2D eigenvalue weighted by Gasteiger charge is 2.28. The molecule has 5 nitrogen and oxygen atoms in total. The molecule has 0 aliphatic carbocycles. The van der Waals surface area contributed by atoms with Crippen molar-refractivity contribution in [3.8, 4) is 17.1 Å². The van der Waals surface area contributed by atoms with E-state index in [0.717, 1.165) is 28.1 Å². The van der Waals surface area contributed by atoms with Crippen LogP contribution in [0.1, 0.15) is 11.1 Å². The monoisotopic (exact) mass is 320 g/mol. The van der Waals surface area contributed by atoms with Gasteiger partial charge in [0.1, 0.15) is 5.75 Å². The van der Waals surface area contributed by atoms with Gasteiger partial charge in [-0.05, 0) is 42.3 Å². The molecule has 1 aromatic heterocycles. The van der Waals surface area contributed by atoms with Crippen LogP contribution >= 0.6 is 0 Å². The van der Waals surface area contributed by atoms with Crippen LogP contribution in [0.5, 0.6) is 5.75 Å². The molecule has 0 saturated carbocycles. The average Bonchev–Trinajstić information content (AvgIpc) is 3.24. The standard InChI is InChI=1S/C19H16N2O3/c1-12-8-14(6-7-15(12)18-10-20-11-23-18)21-19(22)17-9-13-4-2-3-5-16(13)24-17/h2-8,10-11,17H,9H2,1H3,(H,21,22). The molecule has 0 bridgehead atoms. The number of benzene rings is 2. The van der Waals surface area contributed by atoms with Crippen molar-refractivity contribution in [1.82, 2.24) is 4.98 Å². The van der Waals surface area contributed by atoms with Crippen molar-refractivity contribution in [2.75, 3.05) is 5.32 Å². The number of ether oxygens (including phenoxy) is 1. The maximum atomic E-state index is 12.4. The normalized spacial score (nSPS) is 15.6. The number of rotatable bonds is 3. The zero-order valence-electron chi connectivity index (χ0n) is 13.2. The van der Waals surface area contributed by atoms with E-state index in [1.807, 2.05) is 49.4 Å². The summed E-state index contributed by atoms with van der Waals surface area (Å²) < 4.78 is 11.0. The highest BCUT2D eigenvalue weighted by atomic mass is 16.5. The van der Waals surface area contributed by atoms with Crippen molar-refractivity contribution in [2.24, 2.45) is 0 Å². The van der Waals surface area contributed by atoms with E-state index in [4.69, 9.17) is 9.15 Å². The van der Waals surface area contributed by atoms with E-state index in [1.54, 1.807) is 6.20 Å². The zero-order chi connectivity index (χ0) is 16.5. The molecular formula is C19H16N2O3. The topological polar surface area (TPSA) is 64.4 Å². The quantitative estimate of drug-likeness (QED) is 0.801. The lowest BCUT2D eigenvalue weighted by Gasteiger charge is -2.12. The first kappa shape index (κ1) is 14.5. The molecule has 0 spiro atoms. The Morgan fingerprint density at radius 1 is 1.25 bits per heavy atom. The van der Waals surface area contributed by atoms with Crippen molar-refractivity contribution in [3.05, 3.63) is 66.2 Å². The number of para-hydroxylation sites is 1. The van der Waals surface area contributed by atoms with Crippen LogP contribution in [0.2, 0.25) is 0 Å². The summed E-state index contributed by atoms with van der Waals surface area (Å²) in [5.74, 6) is 1.35. The van der Waals surface area contributed by atoms with E-state index < -0.39 is 6.10 Å². The van der Waals surface area contributed by atoms with Gasteiger partial charge in [0.15, 0.2) is 18.3 Å². The largest absolute Gasteiger partial charge is 0.480 e. The van der Waals surface area contributed by atoms with Crippen LogP contribution in [0.25, 0.3) is 11.3 Å². The Labute approximate surface area is 139 Å². The maximum Gasteiger partial charge on any atom is 0.265 e. The van der Waals surface area contributed by atoms with Crippen LogP contribution < -0.4 is 10.1 Å². The molecule has 1 aliphatic heterocycles. The molecule has 2 aromatic carbocycles. The predicted octanol–water partition coefficient (Wildman–Crippen LogP) is 3.59. The lowest BCUT2D eigenvalue weighted by molar-refractivity contribution is -0.122. The van der Waals surface area contributed by atoms with E-state index in [2.05, 4.69) is 10.3 Å². The van der Waals surface area contributed by atoms with Crippen molar-refractivity contribution < 1.29 is 13.9 Å². The van der Waals surface area contributed by atoms with Crippen LogP contribution in [-0.4, -0.2) is 17.0 Å². The third-order valence-corrected chi connectivity index (χ3v) is 4.13. The third kappa shape index (κ3) is 2.65. The zero-order valence-corrected chi connectivity index (χ0v) is 13.2. The number of fused-ring (bicyclic) bond motifs is 1. The van der Waals surface area contributed by atoms with E-state index in [-0.39, 0.29) is 5.91 Å². The molecule has 1 amide bonds. The van der Waals surface area contributed by atoms with Gasteiger partial charge in [0.25, 0.3) is 5.91 Å². The summed E-state index contributed by atoms with van der Waals surface area (Å²) in [6.07, 6.45) is 3.18. The van der Waals surface area contributed by atoms with Crippen LogP contribution in [0.3, 0.4) is 0 Å². The predicted molar refractivity (Wildman–Crippen MR) is 89.9 cm³/mol. The number of hydrogen-bond acceptors (Lipinski definition) is 4. The van der Waals surface area contributed by atoms with Gasteiger partial charge < -0.3 is 14.5 Å². The third-order valence-electron chi connectivity index (χ3n) is 4.13. The summed E-state index contributed by atoms with van der Waals surface area (Å²) >= 11 is 0. The van der Waals surface area contributed by atoms with Gasteiger partial charge in [-0.3, -0.25) is 4.79 Å². The summed E-state index contributed by atoms with van der Waals surface area (Å²) in [4.78, 5) is 16.4. The Morgan fingerprint density at radius 3 is 2.88 bits per heavy atom. The van der Waals surface area contributed by atoms with Gasteiger partial charge in [-0.2, -0.15) is 0 Å². The summed E-state index contributed by atoms with van der Waals surface area (Å²) in [5, 5.41) is 2.92. The SMILES string of the molecule is Cc1cc(NC(=O)C2Cc3ccccc3O2)ccc1-c1cnco1. The first-order chi connectivity index (χ1) is 11.7. The fourth-order valence-electron chi connectivity index (χ4n) is 2.92. The maximum absolute atomic E-state index is 12.4. The second-order valence-electron chi connectivity index (χ2n) is 5.80. The molecule has 5 heteroatoms. The number of carbonyl (C=O) groups is 1. The molecule has 4 rings (SSSR count). The molecular weight excluding hydrogens is 304 g/mol. The van der Waals surface area contributed by atoms with Crippen molar-refractivity contribution >= 4 is 11.6 Å². The first-order valence-electron chi connectivity index (χ1n) is 7.75. The fourth-order valence-corrected chi connectivity index (χ4v) is 2.92. The van der Waals surface area contributed by atoms with Crippen molar-refractivity contribution in [1.29, 1.82) is 0 Å². The number of aromatic nitrogens is 1. The molecule has 1 aliphatic rings. The summed E-state index contributed by atoms with van der Waals surface area (Å²) in [6, 6.07) is 13.4. The fraction of sp³-hybridized carbons (Fsp3) is 0.158. The van der Waals surface area contributed by atoms with Gasteiger partial charge in [-0.25, -0.2) is 4.98 Å². The molecule has 1 atom stereocenters. The minimum atomic E-state index is -0.489. The number of aryl methyl sites for hydroxylation is 1. The van der Waals surface area contributed by atoms with Crippen LogP contribution in [-0.2, 0) is 11.2 Å². The minimum absolute atomic E-state index is 0.141. The Hall–Kier alpha value is -3.08. The molecule has 1 N–H and O–H groups in total. The highest BCUT2D eigenvalue weighted by Crippen LogP contribution is 2.29. The lowest BCUT2D eigenvalue weighted by Crippen LogP contribution is -2.31. The molecule has 0 fully saturated rings. The Balaban J connectivity index is 1.48. The van der Waals surface area contributed by atoms with E-state index in [1.165, 1.54) is 6.39 Å². The van der Waals surface area contributed by atoms with Crippen LogP contribution in [0, 0.1) is 6.92 Å². The number of oxazole rings is 1. The van der Waals surface area contributed by atoms with Crippen molar-refractivity contribution in [3.63, 3.8) is 0 Å². The molecule has 120 valence electrons. The van der Waals surface area contributed by atoms with Crippen LogP contribution in [0.15, 0.2) is 59.5 Å². The second-order valence-corrected chi connectivity index (χ2v) is 5.80. The van der Waals surface area contributed by atoms with Gasteiger partial charge in [0.05, 0.1) is 6.20 Å². The van der Waals surface area contributed by atoms with Gasteiger partial charge >= 0.3 is 0 Å². The molecule has 1 unspecified atom stereocenters. The number of anilines is 1. The van der Waals surface area contributed by atoms with Gasteiger partial charge in [-0.1, -0.05) is 18.2 Å². The Bertz CT molecular complexity index is 862. The summed E-state index contributed by atoms with van der Waals surface area (Å²) in [6.45, 7) is 1.97. The first-order valence-corrected chi connectivity index (χ1v) is 7.75. The second kappa shape index (κ2) is 5.85. The highest BCUT2D eigenvalue weighted by molar-refractivity contribution is 5.95. The van der Waals surface area contributed by atoms with E-state index in [0.29, 0.717) is 12.2 Å². The number of nitrogens with one attached hydrogen (secondary N) is 1. The minimum Gasteiger partial charge on any atom is -0.480 e. The van der Waals surface area contributed by atoms with Gasteiger partial charge in [-0.15, -0.1) is 0 Å². The summed E-state index contributed by atoms with van der Waals surface area (Å²) in [7, 11) is 0. The smallest absolute Gasteiger partial charge is 0.265 e. The molecule has 2 heterocycles. The summed E-state index contributed by atoms with van der Waals surface area (Å²) in [5.41, 5.74) is 3.75. The molecule has 3 aromatic rings. The van der Waals surface area contributed by atoms with E-state index in [9.17, 15) is 4.79 Å². The lowest BCUT2D eigenvalue weighted by atomic mass is 10.1. The van der Waals surface area contributed by atoms with E-state index >= 15 is 0 Å². The number of amides is 1.